The van der Waals surface area contributed by atoms with Gasteiger partial charge in [0, 0.05) is 11.3 Å². The first kappa shape index (κ1) is 30.6. The molecule has 0 spiro atoms. The van der Waals surface area contributed by atoms with E-state index in [-0.39, 0.29) is 29.9 Å². The van der Waals surface area contributed by atoms with Gasteiger partial charge in [-0.05, 0) is 97.0 Å². The molecule has 0 radical (unpaired) electrons. The summed E-state index contributed by atoms with van der Waals surface area (Å²) in [5.74, 6) is -2.07. The second kappa shape index (κ2) is 11.2. The average Bonchev–Trinajstić information content (AvgIpc) is 3.60. The molecule has 2 heterocycles. The molecule has 0 saturated heterocycles. The van der Waals surface area contributed by atoms with E-state index in [9.17, 15) is 23.5 Å². The van der Waals surface area contributed by atoms with Crippen LogP contribution in [0.2, 0.25) is 0 Å². The monoisotopic (exact) mass is 626 g/mol. The average molecular weight is 627 g/mol. The fourth-order valence-electron chi connectivity index (χ4n) is 9.19. The van der Waals surface area contributed by atoms with E-state index < -0.39 is 51.5 Å². The number of ether oxygens (including phenoxy) is 1. The first-order chi connectivity index (χ1) is 21.0. The van der Waals surface area contributed by atoms with Gasteiger partial charge < -0.3 is 20.0 Å². The Bertz CT molecular complexity index is 1550. The number of esters is 1. The molecule has 9 nitrogen and oxygen atoms in total. The number of carbonyl (C=O) groups is 2. The van der Waals surface area contributed by atoms with Gasteiger partial charge in [0.2, 0.25) is 11.1 Å². The molecule has 0 aliphatic heterocycles. The molecular formula is C32H36F2N4O5S. The van der Waals surface area contributed by atoms with Crippen molar-refractivity contribution >= 4 is 34.2 Å². The number of oxazole rings is 1. The maximum Gasteiger partial charge on any atom is 0.361 e. The first-order valence-electron chi connectivity index (χ1n) is 14.8. The number of fused-ring (bicyclic) bond motifs is 5. The number of aliphatic hydroxyl groups excluding tert-OH is 1. The summed E-state index contributed by atoms with van der Waals surface area (Å²) in [5.41, 5.74) is 6.15. The first-order valence-corrected chi connectivity index (χ1v) is 15.8. The summed E-state index contributed by atoms with van der Waals surface area (Å²) in [6, 6.07) is 1.86. The zero-order valence-electron chi connectivity index (χ0n) is 24.8. The van der Waals surface area contributed by atoms with Gasteiger partial charge in [-0.1, -0.05) is 26.3 Å². The van der Waals surface area contributed by atoms with Gasteiger partial charge >= 0.3 is 5.97 Å². The van der Waals surface area contributed by atoms with Crippen molar-refractivity contribution < 1.29 is 32.6 Å². The highest BCUT2D eigenvalue weighted by Gasteiger charge is 2.73. The van der Waals surface area contributed by atoms with Crippen molar-refractivity contribution in [3.8, 4) is 0 Å². The van der Waals surface area contributed by atoms with Crippen molar-refractivity contribution in [3.05, 3.63) is 66.1 Å². The lowest BCUT2D eigenvalue weighted by molar-refractivity contribution is -0.179. The lowest BCUT2D eigenvalue weighted by atomic mass is 9.45. The third-order valence-electron chi connectivity index (χ3n) is 11.0. The van der Waals surface area contributed by atoms with Crippen LogP contribution in [0, 0.1) is 40.4 Å². The van der Waals surface area contributed by atoms with Crippen LogP contribution in [0.15, 0.2) is 63.8 Å². The zero-order valence-corrected chi connectivity index (χ0v) is 25.7. The number of hydrogen-bond acceptors (Lipinski definition) is 10. The van der Waals surface area contributed by atoms with E-state index in [1.165, 1.54) is 18.5 Å². The van der Waals surface area contributed by atoms with Crippen molar-refractivity contribution in [2.75, 3.05) is 6.01 Å². The SMILES string of the molecule is C[C@@H]1CC2[C@@H]3CCC4=CC(=Nc5ccc(F)nc5)C(=CN)C[C@]4(C)C3C(O)C[C@]2(C)[C@@]1(OC(=O)c1cocn1)C(=O)SCF. The van der Waals surface area contributed by atoms with Gasteiger partial charge in [-0.3, -0.25) is 4.79 Å². The molecule has 6 rings (SSSR count). The Balaban J connectivity index is 1.38. The Morgan fingerprint density at radius 3 is 2.77 bits per heavy atom. The molecule has 4 aliphatic carbocycles. The minimum Gasteiger partial charge on any atom is -0.451 e. The van der Waals surface area contributed by atoms with E-state index >= 15 is 0 Å². The number of alkyl halides is 1. The number of hydrogen-bond donors (Lipinski definition) is 2. The topological polar surface area (TPSA) is 141 Å². The molecular weight excluding hydrogens is 590 g/mol. The van der Waals surface area contributed by atoms with Crippen LogP contribution >= 0.6 is 11.8 Å². The minimum atomic E-state index is -1.66. The quantitative estimate of drug-likeness (QED) is 0.316. The van der Waals surface area contributed by atoms with Crippen LogP contribution in [0.5, 0.6) is 0 Å². The fourth-order valence-corrected chi connectivity index (χ4v) is 9.98. The van der Waals surface area contributed by atoms with E-state index in [1.807, 2.05) is 19.9 Å². The number of pyridine rings is 1. The van der Waals surface area contributed by atoms with Gasteiger partial charge in [0.25, 0.3) is 0 Å². The van der Waals surface area contributed by atoms with Gasteiger partial charge in [-0.25, -0.2) is 24.1 Å². The van der Waals surface area contributed by atoms with Gasteiger partial charge in [-0.15, -0.1) is 0 Å². The summed E-state index contributed by atoms with van der Waals surface area (Å²) in [6.45, 7) is 5.94. The number of aliphatic imine (C=N–C) groups is 1. The molecule has 12 heteroatoms. The summed E-state index contributed by atoms with van der Waals surface area (Å²) in [7, 11) is 0. The van der Waals surface area contributed by atoms with E-state index in [2.05, 4.69) is 16.9 Å². The molecule has 2 aromatic heterocycles. The van der Waals surface area contributed by atoms with Crippen LogP contribution in [-0.4, -0.2) is 49.6 Å². The van der Waals surface area contributed by atoms with Crippen molar-refractivity contribution in [2.24, 2.45) is 45.2 Å². The van der Waals surface area contributed by atoms with Crippen LogP contribution in [0.4, 0.5) is 14.5 Å². The van der Waals surface area contributed by atoms with Gasteiger partial charge in [0.05, 0.1) is 23.7 Å². The number of nitrogens with zero attached hydrogens (tertiary/aromatic N) is 3. The maximum absolute atomic E-state index is 13.8. The molecule has 3 N–H and O–H groups in total. The second-order valence-electron chi connectivity index (χ2n) is 13.0. The van der Waals surface area contributed by atoms with Crippen molar-refractivity contribution in [2.45, 2.75) is 64.6 Å². The fraction of sp³-hybridized carbons (Fsp3) is 0.531. The predicted molar refractivity (Wildman–Crippen MR) is 160 cm³/mol. The van der Waals surface area contributed by atoms with Crippen molar-refractivity contribution in [1.82, 2.24) is 9.97 Å². The standard InChI is InChI=1S/C32H36F2N4O5S/c1-17-8-22-21-6-4-19-9-23(38-20-5-7-26(34)36-13-20)18(12-35)10-30(19,2)27(21)25(39)11-31(22,3)32(17,29(41)44-15-33)43-28(40)24-14-42-16-37-24/h5,7,9,12-14,16-17,21-22,25,27,39H,4,6,8,10-11,15,35H2,1-3H3/t17-,21+,22?,25?,27?,30+,31+,32+/m1/s1. The lowest BCUT2D eigenvalue weighted by Crippen LogP contribution is -2.63. The lowest BCUT2D eigenvalue weighted by Gasteiger charge is -2.61. The van der Waals surface area contributed by atoms with Crippen LogP contribution in [-0.2, 0) is 9.53 Å². The Morgan fingerprint density at radius 1 is 1.32 bits per heavy atom. The Kier molecular flexibility index (Phi) is 7.80. The minimum absolute atomic E-state index is 0.00275. The number of rotatable bonds is 5. The second-order valence-corrected chi connectivity index (χ2v) is 13.9. The number of allylic oxidation sites excluding steroid dienone is 3. The van der Waals surface area contributed by atoms with Crippen LogP contribution in [0.25, 0.3) is 0 Å². The molecule has 2 aromatic rings. The molecule has 3 unspecified atom stereocenters. The Morgan fingerprint density at radius 2 is 2.11 bits per heavy atom. The van der Waals surface area contributed by atoms with Crippen LogP contribution in [0.3, 0.4) is 0 Å². The Hall–Kier alpha value is -3.38. The maximum atomic E-state index is 13.8. The van der Waals surface area contributed by atoms with E-state index in [0.717, 1.165) is 36.6 Å². The number of aliphatic hydroxyl groups is 1. The number of thioether (sulfide) groups is 1. The summed E-state index contributed by atoms with van der Waals surface area (Å²) >= 11 is 0.500. The molecule has 234 valence electrons. The van der Waals surface area contributed by atoms with Crippen molar-refractivity contribution in [3.63, 3.8) is 0 Å². The number of carbonyl (C=O) groups excluding carboxylic acids is 2. The third kappa shape index (κ3) is 4.55. The molecule has 0 amide bonds. The number of aromatic nitrogens is 2. The summed E-state index contributed by atoms with van der Waals surface area (Å²) < 4.78 is 38.1. The highest BCUT2D eigenvalue weighted by Crippen LogP contribution is 2.70. The van der Waals surface area contributed by atoms with E-state index in [0.29, 0.717) is 36.0 Å². The van der Waals surface area contributed by atoms with Crippen LogP contribution in [0.1, 0.15) is 63.4 Å². The molecule has 3 fully saturated rings. The van der Waals surface area contributed by atoms with Gasteiger partial charge in [0.1, 0.15) is 12.3 Å². The highest BCUT2D eigenvalue weighted by molar-refractivity contribution is 8.13. The normalized spacial score (nSPS) is 38.0. The van der Waals surface area contributed by atoms with Crippen LogP contribution < -0.4 is 5.73 Å². The molecule has 44 heavy (non-hydrogen) atoms. The third-order valence-corrected chi connectivity index (χ3v) is 11.6. The predicted octanol–water partition coefficient (Wildman–Crippen LogP) is 5.70. The largest absolute Gasteiger partial charge is 0.451 e. The number of halogens is 2. The van der Waals surface area contributed by atoms with Gasteiger partial charge in [-0.2, -0.15) is 4.39 Å². The molecule has 4 aliphatic rings. The number of nitrogens with two attached hydrogens (primary N) is 1. The molecule has 0 aromatic carbocycles. The highest BCUT2D eigenvalue weighted by atomic mass is 32.2. The summed E-state index contributed by atoms with van der Waals surface area (Å²) in [4.78, 5) is 39.4. The summed E-state index contributed by atoms with van der Waals surface area (Å²) in [5, 5.41) is 11.5. The smallest absolute Gasteiger partial charge is 0.361 e. The molecule has 3 saturated carbocycles. The van der Waals surface area contributed by atoms with Gasteiger partial charge in [0.15, 0.2) is 17.7 Å². The zero-order chi connectivity index (χ0) is 31.4. The molecule has 0 bridgehead atoms. The van der Waals surface area contributed by atoms with E-state index in [1.54, 1.807) is 6.07 Å². The Labute approximate surface area is 258 Å². The molecule has 8 atom stereocenters. The van der Waals surface area contributed by atoms with E-state index in [4.69, 9.17) is 19.9 Å². The van der Waals surface area contributed by atoms with Crippen molar-refractivity contribution in [1.29, 1.82) is 0 Å². The summed E-state index contributed by atoms with van der Waals surface area (Å²) in [6.07, 6.45) is 9.17.